The first-order chi connectivity index (χ1) is 9.79. The molecule has 0 spiro atoms. The molecule has 0 heterocycles. The second-order valence-corrected chi connectivity index (χ2v) is 7.80. The Morgan fingerprint density at radius 3 is 2.45 bits per heavy atom. The molecule has 0 amide bonds. The van der Waals surface area contributed by atoms with Crippen LogP contribution in [0.4, 0.5) is 0 Å². The number of hydrogen-bond donors (Lipinski definition) is 2. The largest absolute Gasteiger partial charge is 0.411 e. The van der Waals surface area contributed by atoms with Crippen LogP contribution in [-0.2, 0) is 0 Å². The van der Waals surface area contributed by atoms with Gasteiger partial charge in [0.15, 0.2) is 0 Å². The molecular weight excluding hydrogens is 288 g/mol. The van der Waals surface area contributed by atoms with E-state index >= 15 is 0 Å². The molecular formula is C15H26N2OS2. The van der Waals surface area contributed by atoms with E-state index in [1.165, 1.54) is 51.4 Å². The molecule has 0 saturated heterocycles. The number of thioether (sulfide) groups is 1. The third kappa shape index (κ3) is 5.24. The third-order valence-corrected chi connectivity index (χ3v) is 5.86. The average molecular weight is 315 g/mol. The standard InChI is InChI=1S/C15H26N2OS2/c18-17-13-10-6-1-2-7-11-14(13)20-15(19)16-12-8-4-3-5-9-12/h12,14,18H,1-11H2,(H,16,19)/b17-13+/t14-/m1/s1. The fourth-order valence-corrected chi connectivity index (χ4v) is 4.73. The molecule has 2 N–H and O–H groups in total. The summed E-state index contributed by atoms with van der Waals surface area (Å²) >= 11 is 7.21. The highest BCUT2D eigenvalue weighted by atomic mass is 32.2. The van der Waals surface area contributed by atoms with Crippen molar-refractivity contribution in [3.05, 3.63) is 0 Å². The number of hydrogen-bond acceptors (Lipinski definition) is 4. The quantitative estimate of drug-likeness (QED) is 0.448. The van der Waals surface area contributed by atoms with Gasteiger partial charge in [-0.25, -0.2) is 0 Å². The topological polar surface area (TPSA) is 44.6 Å². The summed E-state index contributed by atoms with van der Waals surface area (Å²) in [6, 6.07) is 0.562. The molecule has 3 nitrogen and oxygen atoms in total. The smallest absolute Gasteiger partial charge is 0.134 e. The minimum atomic E-state index is 0.267. The van der Waals surface area contributed by atoms with Crippen LogP contribution in [0.3, 0.4) is 0 Å². The van der Waals surface area contributed by atoms with E-state index < -0.39 is 0 Å². The summed E-state index contributed by atoms with van der Waals surface area (Å²) in [6.45, 7) is 0. The molecule has 20 heavy (non-hydrogen) atoms. The van der Waals surface area contributed by atoms with E-state index in [2.05, 4.69) is 10.5 Å². The van der Waals surface area contributed by atoms with Crippen LogP contribution < -0.4 is 5.32 Å². The summed E-state index contributed by atoms with van der Waals surface area (Å²) in [6.07, 6.45) is 13.4. The number of thiocarbonyl (C=S) groups is 1. The van der Waals surface area contributed by atoms with Crippen LogP contribution in [0.2, 0.25) is 0 Å². The Labute approximate surface area is 132 Å². The summed E-state index contributed by atoms with van der Waals surface area (Å²) in [4.78, 5) is 0. The summed E-state index contributed by atoms with van der Waals surface area (Å²) in [5, 5.41) is 16.5. The Morgan fingerprint density at radius 1 is 1.05 bits per heavy atom. The van der Waals surface area contributed by atoms with Crippen molar-refractivity contribution in [2.75, 3.05) is 0 Å². The molecule has 2 rings (SSSR count). The second-order valence-electron chi connectivity index (χ2n) is 5.92. The number of oxime groups is 1. The van der Waals surface area contributed by atoms with Gasteiger partial charge in [-0.2, -0.15) is 0 Å². The first-order valence-corrected chi connectivity index (χ1v) is 9.26. The third-order valence-electron chi connectivity index (χ3n) is 4.33. The Morgan fingerprint density at radius 2 is 1.70 bits per heavy atom. The summed E-state index contributed by atoms with van der Waals surface area (Å²) in [5.41, 5.74) is 0.933. The maximum Gasteiger partial charge on any atom is 0.134 e. The Bertz CT molecular complexity index is 341. The molecule has 0 aromatic heterocycles. The van der Waals surface area contributed by atoms with Gasteiger partial charge in [0.25, 0.3) is 0 Å². The zero-order chi connectivity index (χ0) is 14.2. The maximum atomic E-state index is 9.22. The van der Waals surface area contributed by atoms with Gasteiger partial charge in [0.1, 0.15) is 4.32 Å². The summed E-state index contributed by atoms with van der Waals surface area (Å²) in [5.74, 6) is 0. The van der Waals surface area contributed by atoms with Crippen molar-refractivity contribution in [1.82, 2.24) is 5.32 Å². The van der Waals surface area contributed by atoms with Gasteiger partial charge in [-0.15, -0.1) is 0 Å². The molecule has 2 aliphatic carbocycles. The van der Waals surface area contributed by atoms with Crippen molar-refractivity contribution in [2.24, 2.45) is 5.16 Å². The lowest BCUT2D eigenvalue weighted by atomic mass is 9.96. The molecule has 0 aromatic carbocycles. The van der Waals surface area contributed by atoms with Crippen LogP contribution in [0.15, 0.2) is 5.16 Å². The van der Waals surface area contributed by atoms with Crippen LogP contribution in [0.5, 0.6) is 0 Å². The fourth-order valence-electron chi connectivity index (χ4n) is 3.14. The minimum absolute atomic E-state index is 0.267. The van der Waals surface area contributed by atoms with Crippen LogP contribution >= 0.6 is 24.0 Å². The van der Waals surface area contributed by atoms with Crippen molar-refractivity contribution >= 4 is 34.0 Å². The predicted octanol–water partition coefficient (Wildman–Crippen LogP) is 4.48. The van der Waals surface area contributed by atoms with Gasteiger partial charge < -0.3 is 10.5 Å². The zero-order valence-electron chi connectivity index (χ0n) is 12.1. The number of nitrogens with zero attached hydrogens (tertiary/aromatic N) is 1. The van der Waals surface area contributed by atoms with Crippen LogP contribution in [0, 0.1) is 0 Å². The van der Waals surface area contributed by atoms with Crippen molar-refractivity contribution in [3.63, 3.8) is 0 Å². The van der Waals surface area contributed by atoms with Gasteiger partial charge in [-0.3, -0.25) is 0 Å². The van der Waals surface area contributed by atoms with E-state index in [4.69, 9.17) is 12.2 Å². The fraction of sp³-hybridized carbons (Fsp3) is 0.867. The molecule has 5 heteroatoms. The molecule has 114 valence electrons. The Kier molecular flexibility index (Phi) is 7.14. The highest BCUT2D eigenvalue weighted by Crippen LogP contribution is 2.27. The van der Waals surface area contributed by atoms with E-state index in [1.54, 1.807) is 11.8 Å². The first kappa shape index (κ1) is 16.1. The first-order valence-electron chi connectivity index (χ1n) is 7.97. The van der Waals surface area contributed by atoms with Crippen LogP contribution in [-0.4, -0.2) is 26.5 Å². The molecule has 1 atom stereocenters. The van der Waals surface area contributed by atoms with Gasteiger partial charge in [0.2, 0.25) is 0 Å². The molecule has 2 aliphatic rings. The summed E-state index contributed by atoms with van der Waals surface area (Å²) < 4.78 is 0.892. The monoisotopic (exact) mass is 314 g/mol. The van der Waals surface area contributed by atoms with Crippen LogP contribution in [0.1, 0.15) is 70.6 Å². The molecule has 0 radical (unpaired) electrons. The highest BCUT2D eigenvalue weighted by Gasteiger charge is 2.22. The van der Waals surface area contributed by atoms with Crippen molar-refractivity contribution in [3.8, 4) is 0 Å². The number of nitrogens with one attached hydrogen (secondary N) is 1. The molecule has 0 bridgehead atoms. The average Bonchev–Trinajstić information content (AvgIpc) is 2.43. The van der Waals surface area contributed by atoms with Gasteiger partial charge in [-0.05, 0) is 32.1 Å². The van der Waals surface area contributed by atoms with E-state index in [9.17, 15) is 5.21 Å². The van der Waals surface area contributed by atoms with E-state index in [-0.39, 0.29) is 5.25 Å². The second kappa shape index (κ2) is 8.88. The lowest BCUT2D eigenvalue weighted by Gasteiger charge is -2.26. The molecule has 0 aliphatic heterocycles. The highest BCUT2D eigenvalue weighted by molar-refractivity contribution is 8.23. The Balaban J connectivity index is 1.83. The van der Waals surface area contributed by atoms with E-state index in [0.29, 0.717) is 6.04 Å². The van der Waals surface area contributed by atoms with E-state index in [1.807, 2.05) is 0 Å². The SMILES string of the molecule is O/N=C1\CCCCCC[C@H]1SC(=S)NC1CCCCC1. The van der Waals surface area contributed by atoms with Gasteiger partial charge in [0.05, 0.1) is 11.0 Å². The molecule has 0 aromatic rings. The zero-order valence-corrected chi connectivity index (χ0v) is 13.8. The molecule has 2 saturated carbocycles. The van der Waals surface area contributed by atoms with Crippen molar-refractivity contribution < 1.29 is 5.21 Å². The predicted molar refractivity (Wildman–Crippen MR) is 90.9 cm³/mol. The molecule has 2 fully saturated rings. The normalized spacial score (nSPS) is 27.8. The van der Waals surface area contributed by atoms with Gasteiger partial charge >= 0.3 is 0 Å². The molecule has 0 unspecified atom stereocenters. The van der Waals surface area contributed by atoms with Crippen molar-refractivity contribution in [2.45, 2.75) is 81.9 Å². The van der Waals surface area contributed by atoms with Gasteiger partial charge in [0, 0.05) is 6.04 Å². The lowest BCUT2D eigenvalue weighted by molar-refractivity contribution is 0.315. The minimum Gasteiger partial charge on any atom is -0.411 e. The number of rotatable bonds is 2. The van der Waals surface area contributed by atoms with E-state index in [0.717, 1.165) is 29.3 Å². The Hall–Kier alpha value is -0.290. The van der Waals surface area contributed by atoms with Gasteiger partial charge in [-0.1, -0.05) is 67.7 Å². The van der Waals surface area contributed by atoms with Crippen LogP contribution in [0.25, 0.3) is 0 Å². The lowest BCUT2D eigenvalue weighted by Crippen LogP contribution is -2.35. The van der Waals surface area contributed by atoms with Crippen molar-refractivity contribution in [1.29, 1.82) is 0 Å². The maximum absolute atomic E-state index is 9.22. The summed E-state index contributed by atoms with van der Waals surface area (Å²) in [7, 11) is 0.